The van der Waals surface area contributed by atoms with E-state index in [1.54, 1.807) is 19.1 Å². The number of carbonyl (C=O) groups excluding carboxylic acids is 1. The van der Waals surface area contributed by atoms with E-state index in [9.17, 15) is 19.3 Å². The molecule has 1 N–H and O–H groups in total. The summed E-state index contributed by atoms with van der Waals surface area (Å²) in [6.45, 7) is 1.59. The molecule has 2 aromatic carbocycles. The number of rotatable bonds is 4. The van der Waals surface area contributed by atoms with Crippen LogP contribution in [0.15, 0.2) is 48.5 Å². The second kappa shape index (κ2) is 6.62. The lowest BCUT2D eigenvalue weighted by Crippen LogP contribution is -2.08. The van der Waals surface area contributed by atoms with Gasteiger partial charge in [-0.25, -0.2) is 4.39 Å². The van der Waals surface area contributed by atoms with Crippen molar-refractivity contribution < 1.29 is 14.1 Å². The minimum atomic E-state index is -0.481. The first kappa shape index (κ1) is 15.4. The van der Waals surface area contributed by atoms with Gasteiger partial charge in [-0.2, -0.15) is 0 Å². The molecule has 2 rings (SSSR count). The molecule has 0 atom stereocenters. The van der Waals surface area contributed by atoms with Crippen molar-refractivity contribution in [3.05, 3.63) is 75.6 Å². The van der Waals surface area contributed by atoms with Crippen LogP contribution in [0.25, 0.3) is 6.08 Å². The summed E-state index contributed by atoms with van der Waals surface area (Å²) in [6.07, 6.45) is 2.75. The number of aryl methyl sites for hydroxylation is 1. The van der Waals surface area contributed by atoms with E-state index in [1.807, 2.05) is 0 Å². The second-order valence-electron chi connectivity index (χ2n) is 4.64. The van der Waals surface area contributed by atoms with Crippen LogP contribution in [-0.4, -0.2) is 10.8 Å². The van der Waals surface area contributed by atoms with Gasteiger partial charge in [0.05, 0.1) is 4.92 Å². The fourth-order valence-electron chi connectivity index (χ4n) is 1.90. The predicted octanol–water partition coefficient (Wildman–Crippen LogP) is 3.69. The molecule has 0 spiro atoms. The van der Waals surface area contributed by atoms with E-state index in [2.05, 4.69) is 5.32 Å². The lowest BCUT2D eigenvalue weighted by molar-refractivity contribution is -0.385. The summed E-state index contributed by atoms with van der Waals surface area (Å²) in [7, 11) is 0. The van der Waals surface area contributed by atoms with E-state index in [0.29, 0.717) is 16.8 Å². The average Bonchev–Trinajstić information content (AvgIpc) is 2.45. The van der Waals surface area contributed by atoms with Crippen LogP contribution in [0.3, 0.4) is 0 Å². The molecule has 6 heteroatoms. The summed E-state index contributed by atoms with van der Waals surface area (Å²) >= 11 is 0. The first-order chi connectivity index (χ1) is 10.5. The Bertz CT molecular complexity index is 757. The van der Waals surface area contributed by atoms with Gasteiger partial charge >= 0.3 is 0 Å². The number of hydrogen-bond acceptors (Lipinski definition) is 3. The number of anilines is 1. The highest BCUT2D eigenvalue weighted by atomic mass is 19.1. The Morgan fingerprint density at radius 3 is 2.68 bits per heavy atom. The number of nitrogens with one attached hydrogen (secondary N) is 1. The zero-order valence-corrected chi connectivity index (χ0v) is 11.7. The van der Waals surface area contributed by atoms with Crippen molar-refractivity contribution in [1.82, 2.24) is 0 Å². The van der Waals surface area contributed by atoms with Gasteiger partial charge in [-0.1, -0.05) is 12.1 Å². The fourth-order valence-corrected chi connectivity index (χ4v) is 1.90. The molecular formula is C16H13FN2O3. The number of nitrogens with zero attached hydrogens (tertiary/aromatic N) is 1. The van der Waals surface area contributed by atoms with Gasteiger partial charge in [-0.3, -0.25) is 14.9 Å². The largest absolute Gasteiger partial charge is 0.322 e. The van der Waals surface area contributed by atoms with Gasteiger partial charge in [0.15, 0.2) is 0 Å². The third-order valence-corrected chi connectivity index (χ3v) is 2.94. The molecule has 0 bridgehead atoms. The van der Waals surface area contributed by atoms with Crippen LogP contribution in [0.2, 0.25) is 0 Å². The van der Waals surface area contributed by atoms with Gasteiger partial charge in [0, 0.05) is 23.4 Å². The highest BCUT2D eigenvalue weighted by molar-refractivity contribution is 6.02. The fraction of sp³-hybridized carbons (Fsp3) is 0.0625. The molecule has 112 valence electrons. The van der Waals surface area contributed by atoms with Gasteiger partial charge in [-0.05, 0) is 42.8 Å². The average molecular weight is 300 g/mol. The van der Waals surface area contributed by atoms with Crippen molar-refractivity contribution in [3.8, 4) is 0 Å². The third kappa shape index (κ3) is 3.99. The van der Waals surface area contributed by atoms with E-state index in [0.717, 1.165) is 0 Å². The van der Waals surface area contributed by atoms with E-state index in [1.165, 1.54) is 42.5 Å². The van der Waals surface area contributed by atoms with Crippen LogP contribution in [0, 0.1) is 22.9 Å². The van der Waals surface area contributed by atoms with Crippen molar-refractivity contribution in [2.75, 3.05) is 5.32 Å². The molecule has 1 amide bonds. The number of benzene rings is 2. The molecule has 0 heterocycles. The third-order valence-electron chi connectivity index (χ3n) is 2.94. The zero-order valence-electron chi connectivity index (χ0n) is 11.7. The maximum atomic E-state index is 13.0. The minimum Gasteiger partial charge on any atom is -0.322 e. The molecule has 2 aromatic rings. The van der Waals surface area contributed by atoms with Gasteiger partial charge in [0.1, 0.15) is 5.82 Å². The lowest BCUT2D eigenvalue weighted by Gasteiger charge is -2.04. The van der Waals surface area contributed by atoms with Crippen molar-refractivity contribution in [1.29, 1.82) is 0 Å². The maximum absolute atomic E-state index is 13.0. The number of nitro groups is 1. The summed E-state index contributed by atoms with van der Waals surface area (Å²) in [5.41, 5.74) is 1.47. The topological polar surface area (TPSA) is 72.2 Å². The van der Waals surface area contributed by atoms with Crippen molar-refractivity contribution in [2.24, 2.45) is 0 Å². The van der Waals surface area contributed by atoms with E-state index in [-0.39, 0.29) is 11.5 Å². The molecular weight excluding hydrogens is 287 g/mol. The van der Waals surface area contributed by atoms with Crippen LogP contribution in [0.5, 0.6) is 0 Å². The molecule has 0 saturated carbocycles. The Kier molecular flexibility index (Phi) is 4.63. The van der Waals surface area contributed by atoms with Gasteiger partial charge < -0.3 is 5.32 Å². The van der Waals surface area contributed by atoms with E-state index in [4.69, 9.17) is 0 Å². The molecule has 0 unspecified atom stereocenters. The molecule has 0 saturated heterocycles. The minimum absolute atomic E-state index is 0.00620. The van der Waals surface area contributed by atoms with Crippen LogP contribution in [0.4, 0.5) is 15.8 Å². The smallest absolute Gasteiger partial charge is 0.272 e. The molecule has 0 aliphatic heterocycles. The normalized spacial score (nSPS) is 10.6. The number of carbonyl (C=O) groups is 1. The summed E-state index contributed by atoms with van der Waals surface area (Å²) in [4.78, 5) is 22.0. The van der Waals surface area contributed by atoms with Crippen LogP contribution in [-0.2, 0) is 4.79 Å². The quantitative estimate of drug-likeness (QED) is 0.531. The Hall–Kier alpha value is -3.02. The summed E-state index contributed by atoms with van der Waals surface area (Å²) < 4.78 is 13.0. The van der Waals surface area contributed by atoms with E-state index >= 15 is 0 Å². The van der Waals surface area contributed by atoms with Gasteiger partial charge in [0.2, 0.25) is 5.91 Å². The lowest BCUT2D eigenvalue weighted by atomic mass is 10.2. The second-order valence-corrected chi connectivity index (χ2v) is 4.64. The summed E-state index contributed by atoms with van der Waals surface area (Å²) in [6, 6.07) is 10.2. The highest BCUT2D eigenvalue weighted by Gasteiger charge is 2.10. The Balaban J connectivity index is 2.06. The standard InChI is InChI=1S/C16H13FN2O3/c1-11-9-14(6-7-15(11)19(21)22)18-16(20)8-5-12-3-2-4-13(17)10-12/h2-10H,1H3,(H,18,20)/b8-5+. The van der Waals surface area contributed by atoms with Crippen molar-refractivity contribution >= 4 is 23.4 Å². The zero-order chi connectivity index (χ0) is 16.1. The van der Waals surface area contributed by atoms with Gasteiger partial charge in [0.25, 0.3) is 5.69 Å². The Morgan fingerprint density at radius 1 is 1.27 bits per heavy atom. The monoisotopic (exact) mass is 300 g/mol. The molecule has 0 aromatic heterocycles. The molecule has 0 aliphatic rings. The summed E-state index contributed by atoms with van der Waals surface area (Å²) in [5.74, 6) is -0.786. The predicted molar refractivity (Wildman–Crippen MR) is 81.9 cm³/mol. The Labute approximate surface area is 126 Å². The van der Waals surface area contributed by atoms with Crippen molar-refractivity contribution in [2.45, 2.75) is 6.92 Å². The number of hydrogen-bond donors (Lipinski definition) is 1. The van der Waals surface area contributed by atoms with Crippen LogP contribution in [0.1, 0.15) is 11.1 Å². The number of halogens is 1. The van der Waals surface area contributed by atoms with Crippen LogP contribution < -0.4 is 5.32 Å². The molecule has 0 radical (unpaired) electrons. The Morgan fingerprint density at radius 2 is 2.05 bits per heavy atom. The van der Waals surface area contributed by atoms with Crippen molar-refractivity contribution in [3.63, 3.8) is 0 Å². The molecule has 0 fully saturated rings. The highest BCUT2D eigenvalue weighted by Crippen LogP contribution is 2.21. The van der Waals surface area contributed by atoms with E-state index < -0.39 is 10.8 Å². The molecule has 0 aliphatic carbocycles. The first-order valence-corrected chi connectivity index (χ1v) is 6.45. The SMILES string of the molecule is Cc1cc(NC(=O)/C=C/c2cccc(F)c2)ccc1[N+](=O)[O-]. The summed E-state index contributed by atoms with van der Waals surface area (Å²) in [5, 5.41) is 13.3. The first-order valence-electron chi connectivity index (χ1n) is 6.45. The van der Waals surface area contributed by atoms with Crippen LogP contribution >= 0.6 is 0 Å². The number of nitro benzene ring substituents is 1. The number of amides is 1. The molecule has 22 heavy (non-hydrogen) atoms. The molecule has 5 nitrogen and oxygen atoms in total. The maximum Gasteiger partial charge on any atom is 0.272 e. The van der Waals surface area contributed by atoms with Gasteiger partial charge in [-0.15, -0.1) is 0 Å².